The number of nitro groups is 1. The summed E-state index contributed by atoms with van der Waals surface area (Å²) in [5, 5.41) is 23.4. The predicted octanol–water partition coefficient (Wildman–Crippen LogP) is -1.32. The van der Waals surface area contributed by atoms with Crippen LogP contribution in [0.25, 0.3) is 11.6 Å². The Morgan fingerprint density at radius 1 is 1.14 bits per heavy atom. The summed E-state index contributed by atoms with van der Waals surface area (Å²) in [5.41, 5.74) is 2.18. The molecule has 5 rings (SSSR count). The summed E-state index contributed by atoms with van der Waals surface area (Å²) in [6.07, 6.45) is 1.58. The number of sulfone groups is 1. The number of halogens is 1. The van der Waals surface area contributed by atoms with Gasteiger partial charge in [-0.1, -0.05) is 6.07 Å². The molecule has 1 aromatic heterocycles. The second-order valence-corrected chi connectivity index (χ2v) is 12.8. The van der Waals surface area contributed by atoms with E-state index < -0.39 is 38.1 Å². The third-order valence-electron chi connectivity index (χ3n) is 7.89. The number of carboxylic acid groups (broad SMARTS) is 1. The molecule has 44 heavy (non-hydrogen) atoms. The highest BCUT2D eigenvalue weighted by atomic mass is 35.5. The standard InChI is InChI=1S/C29H29N5O8S.ClH/c1-16-24(30-17(2)26(16)28(36)33-10-8-32(3)9-11-33)14-22-21-13-20(6-7-23(21)31-27(22)35)43(41,42)15-19-5-4-18(29(37)38)12-25(19)34(39)40;/h4-7,12-14,30H,8-11,15H2,1-3H3,(H,31,35)(H,37,38);1H/b22-14-;. The topological polar surface area (TPSA) is 184 Å². The largest absolute Gasteiger partial charge is 1.00 e. The Kier molecular flexibility index (Phi) is 9.00. The van der Waals surface area contributed by atoms with Gasteiger partial charge in [0.25, 0.3) is 17.5 Å². The number of rotatable bonds is 7. The minimum Gasteiger partial charge on any atom is -1.00 e. The molecule has 0 aliphatic carbocycles. The van der Waals surface area contributed by atoms with Crippen molar-refractivity contribution in [2.45, 2.75) is 24.5 Å². The van der Waals surface area contributed by atoms with Crippen LogP contribution < -0.4 is 22.6 Å². The number of aryl methyl sites for hydroxylation is 1. The number of piperazine rings is 1. The highest BCUT2D eigenvalue weighted by molar-refractivity contribution is 7.90. The molecule has 2 amide bonds. The van der Waals surface area contributed by atoms with E-state index in [0.717, 1.165) is 31.3 Å². The van der Waals surface area contributed by atoms with Gasteiger partial charge >= 0.3 is 5.97 Å². The number of amides is 2. The molecular weight excluding hydrogens is 614 g/mol. The van der Waals surface area contributed by atoms with Crippen molar-refractivity contribution in [2.75, 3.05) is 38.5 Å². The van der Waals surface area contributed by atoms with Crippen LogP contribution in [-0.4, -0.2) is 79.3 Å². The van der Waals surface area contributed by atoms with E-state index in [0.29, 0.717) is 46.9 Å². The van der Waals surface area contributed by atoms with Crippen molar-refractivity contribution in [1.82, 2.24) is 9.88 Å². The van der Waals surface area contributed by atoms with Crippen molar-refractivity contribution in [2.24, 2.45) is 0 Å². The first-order valence-corrected chi connectivity index (χ1v) is 15.1. The Balaban J connectivity index is 0.00000442. The molecule has 0 radical (unpaired) electrons. The van der Waals surface area contributed by atoms with Crippen molar-refractivity contribution >= 4 is 50.6 Å². The molecule has 2 aliphatic rings. The molecule has 1 fully saturated rings. The molecule has 0 unspecified atom stereocenters. The first-order chi connectivity index (χ1) is 20.3. The van der Waals surface area contributed by atoms with Crippen molar-refractivity contribution in [3.63, 3.8) is 0 Å². The van der Waals surface area contributed by atoms with Crippen molar-refractivity contribution in [3.05, 3.63) is 85.7 Å². The van der Waals surface area contributed by atoms with E-state index in [9.17, 15) is 32.9 Å². The van der Waals surface area contributed by atoms with E-state index in [1.807, 2.05) is 4.90 Å². The Hall–Kier alpha value is -4.53. The monoisotopic (exact) mass is 643 g/mol. The number of likely N-dealkylation sites (N-methyl/N-ethyl adjacent to an activating group) is 1. The number of anilines is 1. The second-order valence-electron chi connectivity index (χ2n) is 10.8. The number of H-pyrrole nitrogens is 1. The number of carboxylic acids is 1. The number of hydrogen-bond donors (Lipinski definition) is 4. The van der Waals surface area contributed by atoms with Gasteiger partial charge in [-0.15, -0.1) is 0 Å². The van der Waals surface area contributed by atoms with Crippen LogP contribution in [0, 0.1) is 24.0 Å². The lowest BCUT2D eigenvalue weighted by Crippen LogP contribution is -3.12. The van der Waals surface area contributed by atoms with Gasteiger partial charge in [-0.25, -0.2) is 13.2 Å². The van der Waals surface area contributed by atoms with E-state index in [2.05, 4.69) is 17.3 Å². The number of benzene rings is 2. The lowest BCUT2D eigenvalue weighted by molar-refractivity contribution is -0.883. The molecular formula is C29H30ClN5O8S. The average molecular weight is 644 g/mol. The summed E-state index contributed by atoms with van der Waals surface area (Å²) in [6, 6.07) is 7.12. The van der Waals surface area contributed by atoms with Gasteiger partial charge in [-0.2, -0.15) is 0 Å². The summed E-state index contributed by atoms with van der Waals surface area (Å²) in [7, 11) is -2.07. The van der Waals surface area contributed by atoms with Gasteiger partial charge in [0.1, 0.15) is 0 Å². The minimum atomic E-state index is -4.15. The summed E-state index contributed by atoms with van der Waals surface area (Å²) >= 11 is 0. The van der Waals surface area contributed by atoms with Crippen LogP contribution in [0.1, 0.15) is 48.8 Å². The molecule has 0 bridgehead atoms. The van der Waals surface area contributed by atoms with Gasteiger partial charge < -0.3 is 37.6 Å². The van der Waals surface area contributed by atoms with Crippen molar-refractivity contribution < 1.29 is 50.1 Å². The maximum atomic E-state index is 13.4. The van der Waals surface area contributed by atoms with Crippen LogP contribution in [0.2, 0.25) is 0 Å². The fraction of sp³-hybridized carbons (Fsp3) is 0.276. The van der Waals surface area contributed by atoms with Crippen molar-refractivity contribution in [1.29, 1.82) is 0 Å². The Labute approximate surface area is 259 Å². The SMILES string of the molecule is Cc1[nH]c(/C=C2\C(=O)Nc3ccc(S(=O)(=O)Cc4ccc(C(=O)O)cc4[N+](=O)[O-])cc32)c(C)c1C(=O)N1CC[NH+](C)CC1.[Cl-]. The maximum Gasteiger partial charge on any atom is 0.335 e. The molecule has 0 atom stereocenters. The van der Waals surface area contributed by atoms with Gasteiger partial charge in [0, 0.05) is 34.3 Å². The number of aromatic carboxylic acids is 1. The highest BCUT2D eigenvalue weighted by Gasteiger charge is 2.31. The van der Waals surface area contributed by atoms with Crippen LogP contribution in [0.5, 0.6) is 0 Å². The smallest absolute Gasteiger partial charge is 0.335 e. The number of nitrogens with one attached hydrogen (secondary N) is 3. The lowest BCUT2D eigenvalue weighted by atomic mass is 10.0. The number of quaternary nitrogens is 1. The third kappa shape index (κ3) is 6.09. The zero-order chi connectivity index (χ0) is 31.2. The Morgan fingerprint density at radius 2 is 1.82 bits per heavy atom. The number of aromatic amines is 1. The molecule has 4 N–H and O–H groups in total. The quantitative estimate of drug-likeness (QED) is 0.139. The normalized spacial score (nSPS) is 15.9. The molecule has 0 saturated carbocycles. The lowest BCUT2D eigenvalue weighted by Gasteiger charge is -2.30. The van der Waals surface area contributed by atoms with E-state index >= 15 is 0 Å². The Bertz CT molecular complexity index is 1840. The second kappa shape index (κ2) is 12.2. The predicted molar refractivity (Wildman–Crippen MR) is 157 cm³/mol. The van der Waals surface area contributed by atoms with Gasteiger partial charge in [-0.05, 0) is 49.8 Å². The van der Waals surface area contributed by atoms with E-state index in [-0.39, 0.29) is 39.9 Å². The molecule has 232 valence electrons. The fourth-order valence-electron chi connectivity index (χ4n) is 5.41. The summed E-state index contributed by atoms with van der Waals surface area (Å²) < 4.78 is 26.8. The summed E-state index contributed by atoms with van der Waals surface area (Å²) in [6.45, 7) is 6.58. The first-order valence-electron chi connectivity index (χ1n) is 13.5. The van der Waals surface area contributed by atoms with Gasteiger partial charge in [-0.3, -0.25) is 19.7 Å². The number of nitrogens with zero attached hydrogens (tertiary/aromatic N) is 2. The number of fused-ring (bicyclic) bond motifs is 1. The third-order valence-corrected chi connectivity index (χ3v) is 9.55. The van der Waals surface area contributed by atoms with E-state index in [1.165, 1.54) is 23.1 Å². The molecule has 2 aromatic carbocycles. The Morgan fingerprint density at radius 3 is 2.45 bits per heavy atom. The van der Waals surface area contributed by atoms with Crippen LogP contribution in [-0.2, 0) is 20.4 Å². The maximum absolute atomic E-state index is 13.4. The summed E-state index contributed by atoms with van der Waals surface area (Å²) in [5.74, 6) is -2.67. The molecule has 2 aliphatic heterocycles. The molecule has 3 aromatic rings. The van der Waals surface area contributed by atoms with Crippen molar-refractivity contribution in [3.8, 4) is 0 Å². The van der Waals surface area contributed by atoms with E-state index in [1.54, 1.807) is 19.9 Å². The fourth-order valence-corrected chi connectivity index (χ4v) is 6.81. The van der Waals surface area contributed by atoms with Gasteiger partial charge in [0.15, 0.2) is 9.84 Å². The summed E-state index contributed by atoms with van der Waals surface area (Å²) in [4.78, 5) is 54.5. The van der Waals surface area contributed by atoms with Gasteiger partial charge in [0.05, 0.1) is 65.5 Å². The number of aromatic nitrogens is 1. The zero-order valence-electron chi connectivity index (χ0n) is 24.1. The molecule has 0 spiro atoms. The minimum absolute atomic E-state index is 0. The highest BCUT2D eigenvalue weighted by Crippen LogP contribution is 2.37. The average Bonchev–Trinajstić information content (AvgIpc) is 3.41. The van der Waals surface area contributed by atoms with Crippen LogP contribution >= 0.6 is 0 Å². The molecule has 15 heteroatoms. The number of hydrogen-bond acceptors (Lipinski definition) is 7. The van der Waals surface area contributed by atoms with Gasteiger partial charge in [0.2, 0.25) is 0 Å². The zero-order valence-corrected chi connectivity index (χ0v) is 25.6. The number of carbonyl (C=O) groups excluding carboxylic acids is 2. The molecule has 1 saturated heterocycles. The molecule has 13 nitrogen and oxygen atoms in total. The van der Waals surface area contributed by atoms with Crippen LogP contribution in [0.3, 0.4) is 0 Å². The number of nitro benzene ring substituents is 1. The van der Waals surface area contributed by atoms with E-state index in [4.69, 9.17) is 5.11 Å². The number of carbonyl (C=O) groups is 3. The van der Waals surface area contributed by atoms with Crippen LogP contribution in [0.4, 0.5) is 11.4 Å². The van der Waals surface area contributed by atoms with Crippen LogP contribution in [0.15, 0.2) is 41.3 Å². The molecule has 3 heterocycles. The first kappa shape index (κ1) is 32.4.